The molecule has 0 spiro atoms. The maximum atomic E-state index is 4.28. The summed E-state index contributed by atoms with van der Waals surface area (Å²) in [4.78, 5) is 0. The van der Waals surface area contributed by atoms with Gasteiger partial charge in [0, 0.05) is 18.7 Å². The molecule has 3 heteroatoms. The van der Waals surface area contributed by atoms with Gasteiger partial charge in [0.15, 0.2) is 0 Å². The van der Waals surface area contributed by atoms with Gasteiger partial charge >= 0.3 is 0 Å². The van der Waals surface area contributed by atoms with Crippen LogP contribution in [0.15, 0.2) is 41.1 Å². The largest absolute Gasteiger partial charge is 0.271 e. The zero-order valence-corrected chi connectivity index (χ0v) is 9.81. The summed E-state index contributed by atoms with van der Waals surface area (Å²) < 4.78 is 3.06. The van der Waals surface area contributed by atoms with E-state index in [1.807, 2.05) is 17.1 Å². The number of rotatable bonds is 2. The van der Waals surface area contributed by atoms with Crippen molar-refractivity contribution in [3.05, 3.63) is 52.3 Å². The van der Waals surface area contributed by atoms with Gasteiger partial charge in [-0.2, -0.15) is 5.10 Å². The Hall–Kier alpha value is -1.09. The monoisotopic (exact) mass is 262 g/mol. The fraction of sp³-hybridized carbons (Fsp3) is 0.250. The van der Waals surface area contributed by atoms with Gasteiger partial charge < -0.3 is 0 Å². The predicted octanol–water partition coefficient (Wildman–Crippen LogP) is 2.99. The second-order valence-corrected chi connectivity index (χ2v) is 4.90. The first-order chi connectivity index (χ1) is 7.33. The van der Waals surface area contributed by atoms with Crippen molar-refractivity contribution in [2.45, 2.75) is 18.9 Å². The number of hydrogen-bond donors (Lipinski definition) is 0. The number of halogens is 1. The van der Waals surface area contributed by atoms with Gasteiger partial charge in [0.2, 0.25) is 0 Å². The van der Waals surface area contributed by atoms with Crippen LogP contribution in [-0.2, 0) is 13.0 Å². The molecule has 2 nitrogen and oxygen atoms in total. The highest BCUT2D eigenvalue weighted by Gasteiger charge is 2.25. The molecule has 15 heavy (non-hydrogen) atoms. The number of nitrogens with zero attached hydrogens (tertiary/aromatic N) is 2. The number of benzene rings is 1. The minimum absolute atomic E-state index is 0.646. The van der Waals surface area contributed by atoms with Crippen LogP contribution in [0.1, 0.15) is 17.0 Å². The predicted molar refractivity (Wildman–Crippen MR) is 62.8 cm³/mol. The van der Waals surface area contributed by atoms with Crippen molar-refractivity contribution in [3.8, 4) is 0 Å². The Morgan fingerprint density at radius 3 is 3.00 bits per heavy atom. The second-order valence-electron chi connectivity index (χ2n) is 3.98. The molecule has 1 aromatic carbocycles. The van der Waals surface area contributed by atoms with Crippen molar-refractivity contribution in [1.29, 1.82) is 0 Å². The summed E-state index contributed by atoms with van der Waals surface area (Å²) in [6.07, 6.45) is 5.05. The maximum Gasteiger partial charge on any atom is 0.0632 e. The Kier molecular flexibility index (Phi) is 2.13. The lowest BCUT2D eigenvalue weighted by molar-refractivity contribution is 0.475. The Morgan fingerprint density at radius 2 is 2.27 bits per heavy atom. The summed E-state index contributed by atoms with van der Waals surface area (Å²) in [5.41, 5.74) is 2.98. The van der Waals surface area contributed by atoms with Crippen molar-refractivity contribution in [2.75, 3.05) is 0 Å². The molecule has 1 heterocycles. The van der Waals surface area contributed by atoms with Crippen molar-refractivity contribution in [1.82, 2.24) is 9.78 Å². The highest BCUT2D eigenvalue weighted by Crippen LogP contribution is 2.35. The molecule has 1 atom stereocenters. The molecule has 76 valence electrons. The van der Waals surface area contributed by atoms with E-state index in [1.165, 1.54) is 17.5 Å². The quantitative estimate of drug-likeness (QED) is 0.814. The van der Waals surface area contributed by atoms with Crippen LogP contribution in [0.5, 0.6) is 0 Å². The van der Waals surface area contributed by atoms with Gasteiger partial charge in [-0.3, -0.25) is 4.68 Å². The minimum Gasteiger partial charge on any atom is -0.271 e. The Labute approximate surface area is 97.1 Å². The molecule has 1 aliphatic carbocycles. The van der Waals surface area contributed by atoms with Crippen molar-refractivity contribution < 1.29 is 0 Å². The van der Waals surface area contributed by atoms with Crippen LogP contribution >= 0.6 is 15.9 Å². The molecule has 0 amide bonds. The van der Waals surface area contributed by atoms with Gasteiger partial charge in [-0.15, -0.1) is 0 Å². The molecule has 0 N–H and O–H groups in total. The van der Waals surface area contributed by atoms with Crippen LogP contribution in [0.3, 0.4) is 0 Å². The molecule has 1 aromatic heterocycles. The van der Waals surface area contributed by atoms with Crippen LogP contribution in [0.2, 0.25) is 0 Å². The summed E-state index contributed by atoms with van der Waals surface area (Å²) in [6, 6.07) is 8.66. The van der Waals surface area contributed by atoms with Crippen molar-refractivity contribution in [3.63, 3.8) is 0 Å². The Bertz CT molecular complexity index is 490. The SMILES string of the molecule is Brc1cnn(CC2Cc3ccccc32)c1. The van der Waals surface area contributed by atoms with E-state index in [0.717, 1.165) is 11.0 Å². The molecule has 0 saturated carbocycles. The van der Waals surface area contributed by atoms with E-state index < -0.39 is 0 Å². The lowest BCUT2D eigenvalue weighted by atomic mass is 9.78. The van der Waals surface area contributed by atoms with Gasteiger partial charge in [0.05, 0.1) is 10.7 Å². The first-order valence-corrected chi connectivity index (χ1v) is 5.88. The first kappa shape index (κ1) is 9.16. The van der Waals surface area contributed by atoms with Crippen LogP contribution in [0.25, 0.3) is 0 Å². The minimum atomic E-state index is 0.646. The molecule has 2 aromatic rings. The number of fused-ring (bicyclic) bond motifs is 1. The fourth-order valence-corrected chi connectivity index (χ4v) is 2.52. The summed E-state index contributed by atoms with van der Waals surface area (Å²) in [6.45, 7) is 0.989. The molecule has 0 bridgehead atoms. The average Bonchev–Trinajstić information content (AvgIpc) is 2.61. The number of aromatic nitrogens is 2. The average molecular weight is 263 g/mol. The Morgan fingerprint density at radius 1 is 1.40 bits per heavy atom. The van der Waals surface area contributed by atoms with E-state index in [4.69, 9.17) is 0 Å². The normalized spacial score (nSPS) is 18.3. The summed E-state index contributed by atoms with van der Waals surface area (Å²) >= 11 is 3.41. The molecule has 1 unspecified atom stereocenters. The van der Waals surface area contributed by atoms with E-state index in [1.54, 1.807) is 0 Å². The third kappa shape index (κ3) is 1.61. The summed E-state index contributed by atoms with van der Waals surface area (Å²) in [5, 5.41) is 4.28. The Balaban J connectivity index is 1.78. The van der Waals surface area contributed by atoms with E-state index in [2.05, 4.69) is 45.3 Å². The van der Waals surface area contributed by atoms with E-state index in [9.17, 15) is 0 Å². The molecular formula is C12H11BrN2. The fourth-order valence-electron chi connectivity index (χ4n) is 2.19. The van der Waals surface area contributed by atoms with E-state index in [-0.39, 0.29) is 0 Å². The highest BCUT2D eigenvalue weighted by atomic mass is 79.9. The van der Waals surface area contributed by atoms with Gasteiger partial charge in [-0.1, -0.05) is 24.3 Å². The summed E-state index contributed by atoms with van der Waals surface area (Å²) in [7, 11) is 0. The smallest absolute Gasteiger partial charge is 0.0632 e. The van der Waals surface area contributed by atoms with Crippen LogP contribution in [-0.4, -0.2) is 9.78 Å². The third-order valence-electron chi connectivity index (χ3n) is 2.97. The van der Waals surface area contributed by atoms with Gasteiger partial charge in [0.1, 0.15) is 0 Å². The van der Waals surface area contributed by atoms with Gasteiger partial charge in [0.25, 0.3) is 0 Å². The van der Waals surface area contributed by atoms with Gasteiger partial charge in [-0.25, -0.2) is 0 Å². The molecule has 0 aliphatic heterocycles. The maximum absolute atomic E-state index is 4.28. The summed E-state index contributed by atoms with van der Waals surface area (Å²) in [5.74, 6) is 0.646. The first-order valence-electron chi connectivity index (χ1n) is 5.09. The zero-order chi connectivity index (χ0) is 10.3. The van der Waals surface area contributed by atoms with Crippen LogP contribution < -0.4 is 0 Å². The lowest BCUT2D eigenvalue weighted by Gasteiger charge is -2.29. The van der Waals surface area contributed by atoms with Crippen LogP contribution in [0, 0.1) is 0 Å². The lowest BCUT2D eigenvalue weighted by Crippen LogP contribution is -2.22. The molecule has 1 aliphatic rings. The molecular weight excluding hydrogens is 252 g/mol. The third-order valence-corrected chi connectivity index (χ3v) is 3.38. The topological polar surface area (TPSA) is 17.8 Å². The van der Waals surface area contributed by atoms with Gasteiger partial charge in [-0.05, 0) is 33.5 Å². The molecule has 0 radical (unpaired) electrons. The van der Waals surface area contributed by atoms with Crippen LogP contribution in [0.4, 0.5) is 0 Å². The van der Waals surface area contributed by atoms with E-state index in [0.29, 0.717) is 5.92 Å². The highest BCUT2D eigenvalue weighted by molar-refractivity contribution is 9.10. The van der Waals surface area contributed by atoms with Crippen molar-refractivity contribution in [2.24, 2.45) is 0 Å². The molecule has 0 fully saturated rings. The van der Waals surface area contributed by atoms with Crippen molar-refractivity contribution >= 4 is 15.9 Å². The standard InChI is InChI=1S/C12H11BrN2/c13-11-6-14-15(8-11)7-10-5-9-3-1-2-4-12(9)10/h1-4,6,8,10H,5,7H2. The zero-order valence-electron chi connectivity index (χ0n) is 8.23. The second kappa shape index (κ2) is 3.49. The molecule has 3 rings (SSSR count). The number of hydrogen-bond acceptors (Lipinski definition) is 1. The molecule has 0 saturated heterocycles. The van der Waals surface area contributed by atoms with E-state index >= 15 is 0 Å².